The first kappa shape index (κ1) is 22.3. The molecule has 1 N–H and O–H groups in total. The number of carbonyl (C=O) groups is 1. The third kappa shape index (κ3) is 5.28. The van der Waals surface area contributed by atoms with Crippen molar-refractivity contribution in [1.29, 1.82) is 5.26 Å². The first-order chi connectivity index (χ1) is 13.3. The molecule has 0 aliphatic rings. The average Bonchev–Trinajstić information content (AvgIpc) is 2.62. The van der Waals surface area contributed by atoms with Crippen molar-refractivity contribution < 1.29 is 14.3 Å². The molecule has 0 aliphatic heterocycles. The minimum Gasteiger partial charge on any atom is -0.491 e. The summed E-state index contributed by atoms with van der Waals surface area (Å²) < 4.78 is 12.2. The summed E-state index contributed by atoms with van der Waals surface area (Å²) >= 11 is 13.1. The minimum atomic E-state index is -0.544. The van der Waals surface area contributed by atoms with Gasteiger partial charge < -0.3 is 14.8 Å². The molecule has 0 spiro atoms. The van der Waals surface area contributed by atoms with Gasteiger partial charge in [-0.05, 0) is 87.2 Å². The Kier molecular flexibility index (Phi) is 7.93. The zero-order chi connectivity index (χ0) is 20.8. The van der Waals surface area contributed by atoms with Gasteiger partial charge in [-0.15, -0.1) is 0 Å². The summed E-state index contributed by atoms with van der Waals surface area (Å²) in [4.78, 5) is 12.6. The van der Waals surface area contributed by atoms with E-state index in [1.165, 1.54) is 13.2 Å². The van der Waals surface area contributed by atoms with Crippen molar-refractivity contribution in [2.45, 2.75) is 13.8 Å². The van der Waals surface area contributed by atoms with E-state index in [0.717, 1.165) is 5.56 Å². The maximum Gasteiger partial charge on any atom is 0.266 e. The predicted molar refractivity (Wildman–Crippen MR) is 118 cm³/mol. The number of anilines is 1. The lowest BCUT2D eigenvalue weighted by atomic mass is 10.1. The predicted octanol–water partition coefficient (Wildman–Crippen LogP) is 6.13. The Labute approximate surface area is 185 Å². The highest BCUT2D eigenvalue weighted by Crippen LogP contribution is 2.37. The molecule has 0 saturated carbocycles. The first-order valence-corrected chi connectivity index (χ1v) is 10.2. The smallest absolute Gasteiger partial charge is 0.266 e. The third-order valence-electron chi connectivity index (χ3n) is 3.64. The Balaban J connectivity index is 2.39. The van der Waals surface area contributed by atoms with Gasteiger partial charge in [-0.25, -0.2) is 0 Å². The third-order valence-corrected chi connectivity index (χ3v) is 5.17. The van der Waals surface area contributed by atoms with Crippen LogP contribution in [0.4, 0.5) is 5.69 Å². The Morgan fingerprint density at radius 1 is 1.29 bits per heavy atom. The van der Waals surface area contributed by atoms with E-state index in [9.17, 15) is 10.1 Å². The number of nitriles is 1. The maximum atomic E-state index is 12.6. The number of amides is 1. The van der Waals surface area contributed by atoms with E-state index in [1.54, 1.807) is 12.1 Å². The van der Waals surface area contributed by atoms with Crippen molar-refractivity contribution in [1.82, 2.24) is 0 Å². The lowest BCUT2D eigenvalue weighted by Gasteiger charge is -2.12. The Bertz CT molecular complexity index is 961. The molecule has 0 saturated heterocycles. The van der Waals surface area contributed by atoms with Crippen LogP contribution in [0.3, 0.4) is 0 Å². The summed E-state index contributed by atoms with van der Waals surface area (Å²) in [5, 5.41) is 12.5. The molecule has 0 radical (unpaired) electrons. The fraction of sp³-hybridized carbons (Fsp3) is 0.200. The highest BCUT2D eigenvalue weighted by molar-refractivity contribution is 9.11. The van der Waals surface area contributed by atoms with E-state index in [4.69, 9.17) is 21.1 Å². The number of rotatable bonds is 6. The largest absolute Gasteiger partial charge is 0.491 e. The number of nitrogens with one attached hydrogen (secondary N) is 1. The molecule has 8 heteroatoms. The molecule has 5 nitrogen and oxygen atoms in total. The molecule has 0 unspecified atom stereocenters. The molecular weight excluding hydrogens is 511 g/mol. The number of carbonyl (C=O) groups excluding carboxylic acids is 1. The van der Waals surface area contributed by atoms with Crippen molar-refractivity contribution in [2.75, 3.05) is 19.0 Å². The maximum absolute atomic E-state index is 12.6. The summed E-state index contributed by atoms with van der Waals surface area (Å²) in [7, 11) is 1.49. The monoisotopic (exact) mass is 526 g/mol. The van der Waals surface area contributed by atoms with Gasteiger partial charge in [-0.1, -0.05) is 11.6 Å². The van der Waals surface area contributed by atoms with Gasteiger partial charge in [-0.2, -0.15) is 5.26 Å². The molecule has 1 amide bonds. The van der Waals surface area contributed by atoms with Gasteiger partial charge in [0, 0.05) is 8.95 Å². The molecule has 0 atom stereocenters. The summed E-state index contributed by atoms with van der Waals surface area (Å²) in [5.41, 5.74) is 2.02. The molecule has 28 heavy (non-hydrogen) atoms. The molecule has 2 rings (SSSR count). The van der Waals surface area contributed by atoms with E-state index in [1.807, 2.05) is 32.0 Å². The molecule has 0 fully saturated rings. The number of aryl methyl sites for hydroxylation is 1. The molecule has 2 aromatic carbocycles. The lowest BCUT2D eigenvalue weighted by molar-refractivity contribution is -0.112. The van der Waals surface area contributed by atoms with Crippen molar-refractivity contribution in [3.05, 3.63) is 54.9 Å². The van der Waals surface area contributed by atoms with Crippen LogP contribution in [-0.2, 0) is 4.79 Å². The normalized spacial score (nSPS) is 11.0. The van der Waals surface area contributed by atoms with Gasteiger partial charge in [-0.3, -0.25) is 4.79 Å². The standard InChI is InChI=1S/C20H17Br2ClN2O3/c1-4-28-17-9-12(8-16(23)19(17)27-3)7-13(10-24)20(26)25-18-14(21)5-11(2)6-15(18)22/h5-9H,4H2,1-3H3,(H,25,26)/b13-7+. The fourth-order valence-corrected chi connectivity index (χ4v) is 4.36. The van der Waals surface area contributed by atoms with Gasteiger partial charge in [0.05, 0.1) is 24.4 Å². The van der Waals surface area contributed by atoms with Crippen molar-refractivity contribution >= 4 is 61.1 Å². The van der Waals surface area contributed by atoms with Crippen LogP contribution in [0.2, 0.25) is 5.02 Å². The summed E-state index contributed by atoms with van der Waals surface area (Å²) in [6, 6.07) is 8.93. The average molecular weight is 529 g/mol. The number of hydrogen-bond acceptors (Lipinski definition) is 4. The zero-order valence-electron chi connectivity index (χ0n) is 15.4. The van der Waals surface area contributed by atoms with E-state index >= 15 is 0 Å². The van der Waals surface area contributed by atoms with Crippen molar-refractivity contribution in [2.24, 2.45) is 0 Å². The van der Waals surface area contributed by atoms with E-state index in [0.29, 0.717) is 43.3 Å². The molecule has 0 bridgehead atoms. The van der Waals surface area contributed by atoms with Crippen LogP contribution in [0.25, 0.3) is 6.08 Å². The number of ether oxygens (including phenoxy) is 2. The number of methoxy groups -OCH3 is 1. The topological polar surface area (TPSA) is 71.3 Å². The minimum absolute atomic E-state index is 0.0805. The van der Waals surface area contributed by atoms with Gasteiger partial charge in [0.25, 0.3) is 5.91 Å². The van der Waals surface area contributed by atoms with Gasteiger partial charge in [0.15, 0.2) is 11.5 Å². The SMILES string of the molecule is CCOc1cc(/C=C(\C#N)C(=O)Nc2c(Br)cc(C)cc2Br)cc(Cl)c1OC. The van der Waals surface area contributed by atoms with Crippen LogP contribution >= 0.6 is 43.5 Å². The quantitative estimate of drug-likeness (QED) is 0.362. The number of halogens is 3. The van der Waals surface area contributed by atoms with Gasteiger partial charge in [0.1, 0.15) is 11.6 Å². The summed E-state index contributed by atoms with van der Waals surface area (Å²) in [6.07, 6.45) is 1.44. The van der Waals surface area contributed by atoms with Gasteiger partial charge in [0.2, 0.25) is 0 Å². The summed E-state index contributed by atoms with van der Waals surface area (Å²) in [5.74, 6) is 0.291. The van der Waals surface area contributed by atoms with E-state index in [2.05, 4.69) is 37.2 Å². The lowest BCUT2D eigenvalue weighted by Crippen LogP contribution is -2.14. The molecule has 0 aromatic heterocycles. The second-order valence-electron chi connectivity index (χ2n) is 5.69. The van der Waals surface area contributed by atoms with Crippen molar-refractivity contribution in [3.8, 4) is 17.6 Å². The van der Waals surface area contributed by atoms with Crippen LogP contribution in [0.1, 0.15) is 18.1 Å². The van der Waals surface area contributed by atoms with E-state index < -0.39 is 5.91 Å². The van der Waals surface area contributed by atoms with Crippen molar-refractivity contribution in [3.63, 3.8) is 0 Å². The van der Waals surface area contributed by atoms with Crippen LogP contribution in [0, 0.1) is 18.3 Å². The zero-order valence-corrected chi connectivity index (χ0v) is 19.3. The first-order valence-electron chi connectivity index (χ1n) is 8.19. The van der Waals surface area contributed by atoms with Gasteiger partial charge >= 0.3 is 0 Å². The Hall–Kier alpha value is -2.01. The number of hydrogen-bond donors (Lipinski definition) is 1. The Morgan fingerprint density at radius 3 is 2.46 bits per heavy atom. The van der Waals surface area contributed by atoms with Crippen LogP contribution in [0.15, 0.2) is 38.8 Å². The van der Waals surface area contributed by atoms with Crippen LogP contribution in [-0.4, -0.2) is 19.6 Å². The second-order valence-corrected chi connectivity index (χ2v) is 7.81. The molecule has 146 valence electrons. The molecule has 0 heterocycles. The van der Waals surface area contributed by atoms with E-state index in [-0.39, 0.29) is 5.57 Å². The Morgan fingerprint density at radius 2 is 1.93 bits per heavy atom. The highest BCUT2D eigenvalue weighted by atomic mass is 79.9. The molecule has 0 aliphatic carbocycles. The number of nitrogens with zero attached hydrogens (tertiary/aromatic N) is 1. The highest BCUT2D eigenvalue weighted by Gasteiger charge is 2.16. The fourth-order valence-electron chi connectivity index (χ4n) is 2.45. The summed E-state index contributed by atoms with van der Waals surface area (Å²) in [6.45, 7) is 4.19. The molecule has 2 aromatic rings. The second kappa shape index (κ2) is 9.97. The van der Waals surface area contributed by atoms with Crippen LogP contribution < -0.4 is 14.8 Å². The van der Waals surface area contributed by atoms with Crippen LogP contribution in [0.5, 0.6) is 11.5 Å². The molecular formula is C20H17Br2ClN2O3. The number of benzene rings is 2.